The summed E-state index contributed by atoms with van der Waals surface area (Å²) in [5.41, 5.74) is 1.03. The molecular weight excluding hydrogens is 400 g/mol. The molecule has 9 nitrogen and oxygen atoms in total. The second-order valence-electron chi connectivity index (χ2n) is 8.73. The molecule has 1 aliphatic rings. The molecule has 1 fully saturated rings. The highest BCUT2D eigenvalue weighted by Gasteiger charge is 2.24. The molecule has 1 aromatic rings. The Morgan fingerprint density at radius 3 is 2.42 bits per heavy atom. The minimum absolute atomic E-state index is 0.0317. The number of carbonyl (C=O) groups is 3. The van der Waals surface area contributed by atoms with Crippen LogP contribution in [0, 0.1) is 6.92 Å². The van der Waals surface area contributed by atoms with Crippen LogP contribution < -0.4 is 20.7 Å². The lowest BCUT2D eigenvalue weighted by Gasteiger charge is -2.32. The van der Waals surface area contributed by atoms with Gasteiger partial charge in [0.15, 0.2) is 0 Å². The van der Waals surface area contributed by atoms with Gasteiger partial charge in [-0.2, -0.15) is 0 Å². The summed E-state index contributed by atoms with van der Waals surface area (Å²) in [7, 11) is 1.54. The third kappa shape index (κ3) is 8.84. The third-order valence-corrected chi connectivity index (χ3v) is 4.75. The highest BCUT2D eigenvalue weighted by atomic mass is 16.6. The van der Waals surface area contributed by atoms with Crippen LogP contribution in [0.4, 0.5) is 10.5 Å². The van der Waals surface area contributed by atoms with Gasteiger partial charge < -0.3 is 25.4 Å². The summed E-state index contributed by atoms with van der Waals surface area (Å²) in [5.74, 6) is 0.0237. The molecule has 0 saturated carbocycles. The first kappa shape index (κ1) is 24.5. The Bertz CT molecular complexity index is 783. The van der Waals surface area contributed by atoms with Crippen molar-refractivity contribution in [2.24, 2.45) is 0 Å². The van der Waals surface area contributed by atoms with Crippen molar-refractivity contribution in [3.63, 3.8) is 0 Å². The van der Waals surface area contributed by atoms with Crippen molar-refractivity contribution in [3.05, 3.63) is 23.8 Å². The van der Waals surface area contributed by atoms with Crippen LogP contribution in [0.3, 0.4) is 0 Å². The van der Waals surface area contributed by atoms with Crippen LogP contribution in [0.1, 0.15) is 39.2 Å². The van der Waals surface area contributed by atoms with E-state index in [0.717, 1.165) is 18.4 Å². The van der Waals surface area contributed by atoms with E-state index in [1.54, 1.807) is 6.07 Å². The second-order valence-corrected chi connectivity index (χ2v) is 8.73. The van der Waals surface area contributed by atoms with Gasteiger partial charge in [0.05, 0.1) is 25.9 Å². The summed E-state index contributed by atoms with van der Waals surface area (Å²) in [4.78, 5) is 38.3. The first-order valence-electron chi connectivity index (χ1n) is 10.5. The van der Waals surface area contributed by atoms with Crippen LogP contribution in [-0.4, -0.2) is 67.7 Å². The van der Waals surface area contributed by atoms with Gasteiger partial charge in [0, 0.05) is 19.1 Å². The monoisotopic (exact) mass is 434 g/mol. The SMILES string of the molecule is COc1ccc(C)cc1NC(=O)CNC(=O)CN1CCC(NC(=O)OC(C)(C)C)CC1. The van der Waals surface area contributed by atoms with Gasteiger partial charge in [-0.15, -0.1) is 0 Å². The van der Waals surface area contributed by atoms with Crippen LogP contribution in [-0.2, 0) is 14.3 Å². The van der Waals surface area contributed by atoms with E-state index in [9.17, 15) is 14.4 Å². The van der Waals surface area contributed by atoms with E-state index in [1.807, 2.05) is 44.7 Å². The zero-order valence-electron chi connectivity index (χ0n) is 19.0. The minimum Gasteiger partial charge on any atom is -0.495 e. The number of anilines is 1. The van der Waals surface area contributed by atoms with E-state index in [1.165, 1.54) is 7.11 Å². The van der Waals surface area contributed by atoms with Gasteiger partial charge in [0.25, 0.3) is 0 Å². The Hall–Kier alpha value is -2.81. The van der Waals surface area contributed by atoms with Gasteiger partial charge in [0.2, 0.25) is 11.8 Å². The number of nitrogens with one attached hydrogen (secondary N) is 3. The Morgan fingerprint density at radius 1 is 1.13 bits per heavy atom. The van der Waals surface area contributed by atoms with Gasteiger partial charge >= 0.3 is 6.09 Å². The van der Waals surface area contributed by atoms with Gasteiger partial charge in [0.1, 0.15) is 11.4 Å². The molecule has 0 radical (unpaired) electrons. The van der Waals surface area contributed by atoms with Gasteiger partial charge in [-0.25, -0.2) is 4.79 Å². The van der Waals surface area contributed by atoms with E-state index in [-0.39, 0.29) is 30.9 Å². The van der Waals surface area contributed by atoms with Crippen LogP contribution >= 0.6 is 0 Å². The summed E-state index contributed by atoms with van der Waals surface area (Å²) >= 11 is 0. The maximum atomic E-state index is 12.2. The number of ether oxygens (including phenoxy) is 2. The minimum atomic E-state index is -0.528. The molecule has 9 heteroatoms. The number of likely N-dealkylation sites (tertiary alicyclic amines) is 1. The van der Waals surface area contributed by atoms with Crippen molar-refractivity contribution < 1.29 is 23.9 Å². The number of aryl methyl sites for hydroxylation is 1. The number of piperidine rings is 1. The highest BCUT2D eigenvalue weighted by Crippen LogP contribution is 2.24. The van der Waals surface area contributed by atoms with Crippen molar-refractivity contribution in [1.29, 1.82) is 0 Å². The van der Waals surface area contributed by atoms with Crippen LogP contribution in [0.25, 0.3) is 0 Å². The molecule has 3 N–H and O–H groups in total. The quantitative estimate of drug-likeness (QED) is 0.606. The summed E-state index contributed by atoms with van der Waals surface area (Å²) in [6.07, 6.45) is 1.06. The predicted octanol–water partition coefficient (Wildman–Crippen LogP) is 2.05. The van der Waals surface area contributed by atoms with Crippen LogP contribution in [0.5, 0.6) is 5.75 Å². The first-order chi connectivity index (χ1) is 14.6. The third-order valence-electron chi connectivity index (χ3n) is 4.75. The predicted molar refractivity (Wildman–Crippen MR) is 118 cm³/mol. The van der Waals surface area contributed by atoms with E-state index >= 15 is 0 Å². The molecule has 1 aromatic carbocycles. The number of nitrogens with zero attached hydrogens (tertiary/aromatic N) is 1. The Balaban J connectivity index is 1.69. The standard InChI is InChI=1S/C22H34N4O5/c1-15-6-7-18(30-5)17(12-15)25-19(27)13-23-20(28)14-26-10-8-16(9-11-26)24-21(29)31-22(2,3)4/h6-7,12,16H,8-11,13-14H2,1-5H3,(H,23,28)(H,24,29)(H,25,27). The first-order valence-corrected chi connectivity index (χ1v) is 10.5. The second kappa shape index (κ2) is 11.0. The number of benzene rings is 1. The molecule has 1 aliphatic heterocycles. The fourth-order valence-electron chi connectivity index (χ4n) is 3.26. The number of hydrogen-bond donors (Lipinski definition) is 3. The van der Waals surface area contributed by atoms with Crippen molar-refractivity contribution in [1.82, 2.24) is 15.5 Å². The van der Waals surface area contributed by atoms with Crippen molar-refractivity contribution in [3.8, 4) is 5.75 Å². The largest absolute Gasteiger partial charge is 0.495 e. The Kier molecular flexibility index (Phi) is 8.67. The summed E-state index contributed by atoms with van der Waals surface area (Å²) in [6.45, 7) is 8.85. The molecule has 172 valence electrons. The average molecular weight is 435 g/mol. The van der Waals surface area contributed by atoms with Gasteiger partial charge in [-0.1, -0.05) is 6.07 Å². The van der Waals surface area contributed by atoms with Crippen molar-refractivity contribution in [2.45, 2.75) is 52.2 Å². The number of carbonyl (C=O) groups excluding carboxylic acids is 3. The summed E-state index contributed by atoms with van der Waals surface area (Å²) in [6, 6.07) is 5.52. The van der Waals surface area contributed by atoms with Gasteiger partial charge in [-0.05, 0) is 58.2 Å². The fraction of sp³-hybridized carbons (Fsp3) is 0.591. The normalized spacial score (nSPS) is 15.1. The van der Waals surface area contributed by atoms with Gasteiger partial charge in [-0.3, -0.25) is 14.5 Å². The maximum absolute atomic E-state index is 12.2. The van der Waals surface area contributed by atoms with Crippen LogP contribution in [0.2, 0.25) is 0 Å². The lowest BCUT2D eigenvalue weighted by Crippen LogP contribution is -2.48. The fourth-order valence-corrected chi connectivity index (χ4v) is 3.26. The molecule has 0 spiro atoms. The number of rotatable bonds is 7. The van der Waals surface area contributed by atoms with Crippen LogP contribution in [0.15, 0.2) is 18.2 Å². The Morgan fingerprint density at radius 2 is 1.81 bits per heavy atom. The molecule has 0 atom stereocenters. The number of amides is 3. The molecule has 0 bridgehead atoms. The van der Waals surface area contributed by atoms with E-state index in [0.29, 0.717) is 24.5 Å². The zero-order chi connectivity index (χ0) is 23.0. The molecular formula is C22H34N4O5. The molecule has 0 unspecified atom stereocenters. The summed E-state index contributed by atoms with van der Waals surface area (Å²) in [5, 5.41) is 8.28. The lowest BCUT2D eigenvalue weighted by atomic mass is 10.1. The average Bonchev–Trinajstić information content (AvgIpc) is 2.67. The summed E-state index contributed by atoms with van der Waals surface area (Å²) < 4.78 is 10.5. The molecule has 2 rings (SSSR count). The number of hydrogen-bond acceptors (Lipinski definition) is 6. The molecule has 31 heavy (non-hydrogen) atoms. The molecule has 1 heterocycles. The van der Waals surface area contributed by atoms with E-state index < -0.39 is 11.7 Å². The molecule has 3 amide bonds. The van der Waals surface area contributed by atoms with E-state index in [4.69, 9.17) is 9.47 Å². The smallest absolute Gasteiger partial charge is 0.407 e. The maximum Gasteiger partial charge on any atom is 0.407 e. The van der Waals surface area contributed by atoms with E-state index in [2.05, 4.69) is 16.0 Å². The highest BCUT2D eigenvalue weighted by molar-refractivity contribution is 5.96. The molecule has 1 saturated heterocycles. The molecule has 0 aromatic heterocycles. The number of alkyl carbamates (subject to hydrolysis) is 1. The Labute approximate surface area is 183 Å². The molecule has 0 aliphatic carbocycles. The number of methoxy groups -OCH3 is 1. The zero-order valence-corrected chi connectivity index (χ0v) is 19.0. The van der Waals surface area contributed by atoms with Crippen molar-refractivity contribution in [2.75, 3.05) is 38.6 Å². The topological polar surface area (TPSA) is 109 Å². The van der Waals surface area contributed by atoms with Crippen molar-refractivity contribution >= 4 is 23.6 Å². The lowest BCUT2D eigenvalue weighted by molar-refractivity contribution is -0.125.